The highest BCUT2D eigenvalue weighted by atomic mass is 19.2. The number of hydrogen-bond donors (Lipinski definition) is 1. The molecule has 1 aliphatic carbocycles. The molecule has 31 heavy (non-hydrogen) atoms. The SMILES string of the molecule is CCN1c2cc(F)c(F)cc2N[C@@H]2C(C(=O)OC3CCC(C(C)(C)C)CC3)=C(C)O[C@@H]21. The standard InChI is InChI=1S/C24H32F2N2O3/c1-6-28-19-12-17(26)16(25)11-18(19)27-21-20(13(2)30-22(21)28)23(29)31-15-9-7-14(8-10-15)24(3,4)5/h11-12,14-15,21-22,27H,6-10H2,1-5H3/t14?,15?,21-,22+/m1/s1. The van der Waals surface area contributed by atoms with E-state index >= 15 is 0 Å². The van der Waals surface area contributed by atoms with Gasteiger partial charge in [0.1, 0.15) is 23.5 Å². The molecule has 0 saturated heterocycles. The second-order valence-electron chi connectivity index (χ2n) is 9.91. The summed E-state index contributed by atoms with van der Waals surface area (Å²) in [6.45, 7) is 11.0. The van der Waals surface area contributed by atoms with Crippen molar-refractivity contribution in [3.63, 3.8) is 0 Å². The first kappa shape index (κ1) is 21.9. The number of likely N-dealkylation sites (N-methyl/N-ethyl adjacent to an activating group) is 1. The summed E-state index contributed by atoms with van der Waals surface area (Å²) in [7, 11) is 0. The number of hydrogen-bond acceptors (Lipinski definition) is 5. The molecule has 0 bridgehead atoms. The van der Waals surface area contributed by atoms with Gasteiger partial charge in [0, 0.05) is 18.7 Å². The molecule has 7 heteroatoms. The molecule has 1 aromatic rings. The summed E-state index contributed by atoms with van der Waals surface area (Å²) in [6.07, 6.45) is 3.19. The Morgan fingerprint density at radius 2 is 1.84 bits per heavy atom. The van der Waals surface area contributed by atoms with Gasteiger partial charge in [-0.25, -0.2) is 13.6 Å². The third-order valence-electron chi connectivity index (χ3n) is 6.97. The van der Waals surface area contributed by atoms with E-state index in [2.05, 4.69) is 26.1 Å². The molecule has 4 rings (SSSR count). The molecule has 2 atom stereocenters. The van der Waals surface area contributed by atoms with Crippen molar-refractivity contribution in [2.45, 2.75) is 78.7 Å². The summed E-state index contributed by atoms with van der Waals surface area (Å²) in [4.78, 5) is 15.0. The molecule has 1 saturated carbocycles. The Kier molecular flexibility index (Phi) is 5.64. The largest absolute Gasteiger partial charge is 0.472 e. The van der Waals surface area contributed by atoms with Crippen molar-refractivity contribution >= 4 is 17.3 Å². The number of allylic oxidation sites excluding steroid dienone is 1. The predicted molar refractivity (Wildman–Crippen MR) is 116 cm³/mol. The molecule has 2 aliphatic heterocycles. The monoisotopic (exact) mass is 434 g/mol. The molecule has 0 amide bonds. The molecular formula is C24H32F2N2O3. The van der Waals surface area contributed by atoms with Crippen molar-refractivity contribution in [3.05, 3.63) is 35.1 Å². The molecule has 5 nitrogen and oxygen atoms in total. The van der Waals surface area contributed by atoms with Crippen LogP contribution in [0, 0.1) is 23.0 Å². The van der Waals surface area contributed by atoms with Crippen molar-refractivity contribution < 1.29 is 23.0 Å². The van der Waals surface area contributed by atoms with E-state index in [1.807, 2.05) is 11.8 Å². The van der Waals surface area contributed by atoms with Crippen LogP contribution in [0.3, 0.4) is 0 Å². The third kappa shape index (κ3) is 3.99. The Balaban J connectivity index is 1.50. The minimum Gasteiger partial charge on any atom is -0.472 e. The Hall–Kier alpha value is -2.31. The Morgan fingerprint density at radius 1 is 1.19 bits per heavy atom. The summed E-state index contributed by atoms with van der Waals surface area (Å²) in [5, 5.41) is 3.18. The number of nitrogens with one attached hydrogen (secondary N) is 1. The van der Waals surface area contributed by atoms with Gasteiger partial charge in [-0.2, -0.15) is 0 Å². The lowest BCUT2D eigenvalue weighted by Gasteiger charge is -2.40. The fourth-order valence-electron chi connectivity index (χ4n) is 5.14. The Morgan fingerprint density at radius 3 is 2.45 bits per heavy atom. The molecule has 1 N–H and O–H groups in total. The molecule has 170 valence electrons. The molecule has 1 aromatic carbocycles. The number of ether oxygens (including phenoxy) is 2. The number of benzene rings is 1. The average molecular weight is 435 g/mol. The molecular weight excluding hydrogens is 402 g/mol. The van der Waals surface area contributed by atoms with Crippen LogP contribution in [0.4, 0.5) is 20.2 Å². The van der Waals surface area contributed by atoms with E-state index in [-0.39, 0.29) is 11.5 Å². The lowest BCUT2D eigenvalue weighted by molar-refractivity contribution is -0.146. The molecule has 2 heterocycles. The molecule has 1 fully saturated rings. The van der Waals surface area contributed by atoms with Crippen LogP contribution in [0.25, 0.3) is 0 Å². The van der Waals surface area contributed by atoms with E-state index in [1.54, 1.807) is 6.92 Å². The molecule has 0 aromatic heterocycles. The fraction of sp³-hybridized carbons (Fsp3) is 0.625. The maximum atomic E-state index is 13.9. The van der Waals surface area contributed by atoms with Gasteiger partial charge >= 0.3 is 5.97 Å². The average Bonchev–Trinajstić information content (AvgIpc) is 3.02. The van der Waals surface area contributed by atoms with Gasteiger partial charge in [-0.15, -0.1) is 0 Å². The first-order valence-electron chi connectivity index (χ1n) is 11.2. The number of esters is 1. The van der Waals surface area contributed by atoms with Crippen molar-refractivity contribution in [3.8, 4) is 0 Å². The number of carbonyl (C=O) groups is 1. The lowest BCUT2D eigenvalue weighted by atomic mass is 9.72. The summed E-state index contributed by atoms with van der Waals surface area (Å²) in [6, 6.07) is 1.80. The van der Waals surface area contributed by atoms with Crippen molar-refractivity contribution in [1.82, 2.24) is 0 Å². The number of carbonyl (C=O) groups excluding carboxylic acids is 1. The van der Waals surface area contributed by atoms with E-state index in [0.717, 1.165) is 31.7 Å². The number of fused-ring (bicyclic) bond motifs is 2. The highest BCUT2D eigenvalue weighted by Gasteiger charge is 2.47. The fourth-order valence-corrected chi connectivity index (χ4v) is 5.14. The Labute approximate surface area is 182 Å². The first-order valence-corrected chi connectivity index (χ1v) is 11.2. The third-order valence-corrected chi connectivity index (χ3v) is 6.97. The quantitative estimate of drug-likeness (QED) is 0.649. The van der Waals surface area contributed by atoms with Crippen LogP contribution in [-0.4, -0.2) is 30.9 Å². The van der Waals surface area contributed by atoms with E-state index in [0.29, 0.717) is 35.2 Å². The van der Waals surface area contributed by atoms with Gasteiger partial charge in [-0.3, -0.25) is 0 Å². The van der Waals surface area contributed by atoms with Crippen LogP contribution in [-0.2, 0) is 14.3 Å². The van der Waals surface area contributed by atoms with Gasteiger partial charge in [-0.1, -0.05) is 20.8 Å². The van der Waals surface area contributed by atoms with E-state index < -0.39 is 29.9 Å². The maximum absolute atomic E-state index is 13.9. The predicted octanol–water partition coefficient (Wildman–Crippen LogP) is 5.36. The Bertz CT molecular complexity index is 901. The van der Waals surface area contributed by atoms with E-state index in [4.69, 9.17) is 9.47 Å². The minimum absolute atomic E-state index is 0.102. The van der Waals surface area contributed by atoms with Crippen LogP contribution in [0.2, 0.25) is 0 Å². The number of halogens is 2. The molecule has 0 spiro atoms. The lowest BCUT2D eigenvalue weighted by Crippen LogP contribution is -2.51. The van der Waals surface area contributed by atoms with Gasteiger partial charge in [0.05, 0.1) is 11.4 Å². The zero-order chi connectivity index (χ0) is 22.5. The van der Waals surface area contributed by atoms with Crippen molar-refractivity contribution in [2.75, 3.05) is 16.8 Å². The van der Waals surface area contributed by atoms with Gasteiger partial charge in [0.25, 0.3) is 0 Å². The number of anilines is 2. The zero-order valence-electron chi connectivity index (χ0n) is 18.9. The number of nitrogens with zero attached hydrogens (tertiary/aromatic N) is 1. The maximum Gasteiger partial charge on any atom is 0.340 e. The van der Waals surface area contributed by atoms with Gasteiger partial charge < -0.3 is 19.7 Å². The second kappa shape index (κ2) is 7.99. The number of rotatable bonds is 3. The van der Waals surface area contributed by atoms with Gasteiger partial charge in [-0.05, 0) is 50.9 Å². The smallest absolute Gasteiger partial charge is 0.340 e. The molecule has 0 unspecified atom stereocenters. The van der Waals surface area contributed by atoms with Gasteiger partial charge in [0.2, 0.25) is 0 Å². The van der Waals surface area contributed by atoms with Crippen molar-refractivity contribution in [2.24, 2.45) is 11.3 Å². The molecule has 0 radical (unpaired) electrons. The van der Waals surface area contributed by atoms with Crippen LogP contribution >= 0.6 is 0 Å². The van der Waals surface area contributed by atoms with Crippen molar-refractivity contribution in [1.29, 1.82) is 0 Å². The normalized spacial score (nSPS) is 27.9. The van der Waals surface area contributed by atoms with Crippen LogP contribution in [0.1, 0.15) is 60.3 Å². The second-order valence-corrected chi connectivity index (χ2v) is 9.91. The highest BCUT2D eigenvalue weighted by Crippen LogP contribution is 2.43. The molecule has 3 aliphatic rings. The van der Waals surface area contributed by atoms with Crippen LogP contribution < -0.4 is 10.2 Å². The minimum atomic E-state index is -0.930. The summed E-state index contributed by atoms with van der Waals surface area (Å²) in [5.74, 6) is -1.11. The summed E-state index contributed by atoms with van der Waals surface area (Å²) in [5.41, 5.74) is 1.65. The van der Waals surface area contributed by atoms with E-state index in [9.17, 15) is 13.6 Å². The summed E-state index contributed by atoms with van der Waals surface area (Å²) < 4.78 is 39.6. The van der Waals surface area contributed by atoms with Gasteiger partial charge in [0.15, 0.2) is 17.9 Å². The van der Waals surface area contributed by atoms with Crippen LogP contribution in [0.15, 0.2) is 23.5 Å². The zero-order valence-corrected chi connectivity index (χ0v) is 18.9. The summed E-state index contributed by atoms with van der Waals surface area (Å²) >= 11 is 0. The first-order chi connectivity index (χ1) is 14.6. The topological polar surface area (TPSA) is 50.8 Å². The highest BCUT2D eigenvalue weighted by molar-refractivity contribution is 5.93. The van der Waals surface area contributed by atoms with Crippen LogP contribution in [0.5, 0.6) is 0 Å². The van der Waals surface area contributed by atoms with E-state index in [1.165, 1.54) is 6.07 Å².